The molecule has 0 bridgehead atoms. The molecule has 1 N–H and O–H groups in total. The Hall–Kier alpha value is -3.89. The average Bonchev–Trinajstić information content (AvgIpc) is 3.23. The third-order valence-electron chi connectivity index (χ3n) is 5.55. The highest BCUT2D eigenvalue weighted by molar-refractivity contribution is 9.10. The minimum atomic E-state index is -0.788. The molecule has 0 saturated heterocycles. The Morgan fingerprint density at radius 1 is 1.02 bits per heavy atom. The fraction of sp³-hybridized carbons (Fsp3) is 0.167. The lowest BCUT2D eigenvalue weighted by Crippen LogP contribution is -2.14. The largest absolute Gasteiger partial charge is 0.506 e. The number of carbonyl (C=O) groups excluding carboxylic acids is 2. The number of aliphatic hydroxyl groups excluding tert-OH is 1. The Kier molecular flexibility index (Phi) is 9.79. The molecule has 0 radical (unpaired) electrons. The number of aliphatic imine (C=N–C) groups is 1. The molecule has 0 unspecified atom stereocenters. The maximum atomic E-state index is 14.1. The van der Waals surface area contributed by atoms with Gasteiger partial charge in [-0.15, -0.1) is 0 Å². The molecule has 1 amide bonds. The zero-order chi connectivity index (χ0) is 28.6. The summed E-state index contributed by atoms with van der Waals surface area (Å²) >= 11 is 4.47. The van der Waals surface area contributed by atoms with Crippen molar-refractivity contribution in [3.05, 3.63) is 110 Å². The van der Waals surface area contributed by atoms with Gasteiger partial charge in [-0.2, -0.15) is 0 Å². The number of ether oxygens (including phenoxy) is 3. The molecule has 0 saturated carbocycles. The summed E-state index contributed by atoms with van der Waals surface area (Å²) in [4.78, 5) is 29.8. The Bertz CT molecular complexity index is 1520. The van der Waals surface area contributed by atoms with Gasteiger partial charge < -0.3 is 19.3 Å². The van der Waals surface area contributed by atoms with E-state index >= 15 is 0 Å². The van der Waals surface area contributed by atoms with E-state index in [2.05, 4.69) is 20.9 Å². The van der Waals surface area contributed by atoms with E-state index < -0.39 is 11.9 Å². The average molecular weight is 627 g/mol. The van der Waals surface area contributed by atoms with Crippen LogP contribution in [0.2, 0.25) is 0 Å². The molecule has 1 aliphatic rings. The third-order valence-corrected chi connectivity index (χ3v) is 7.16. The van der Waals surface area contributed by atoms with Gasteiger partial charge in [0.1, 0.15) is 28.8 Å². The molecule has 10 heteroatoms. The quantitative estimate of drug-likeness (QED) is 0.250. The van der Waals surface area contributed by atoms with Crippen LogP contribution < -0.4 is 9.47 Å². The number of rotatable bonds is 9. The Balaban J connectivity index is 1.68. The van der Waals surface area contributed by atoms with Gasteiger partial charge in [0.2, 0.25) is 0 Å². The van der Waals surface area contributed by atoms with Crippen molar-refractivity contribution in [1.29, 1.82) is 0 Å². The van der Waals surface area contributed by atoms with Crippen LogP contribution in [0.5, 0.6) is 11.5 Å². The van der Waals surface area contributed by atoms with Crippen molar-refractivity contribution in [3.63, 3.8) is 0 Å². The topological polar surface area (TPSA) is 94.4 Å². The van der Waals surface area contributed by atoms with E-state index in [1.165, 1.54) is 6.07 Å². The molecule has 4 rings (SSSR count). The van der Waals surface area contributed by atoms with E-state index in [0.717, 1.165) is 11.8 Å². The number of hydrogen-bond acceptors (Lipinski definition) is 7. The highest BCUT2D eigenvalue weighted by Crippen LogP contribution is 2.42. The minimum Gasteiger partial charge on any atom is -0.506 e. The van der Waals surface area contributed by atoms with Gasteiger partial charge in [0.15, 0.2) is 11.5 Å². The van der Waals surface area contributed by atoms with Gasteiger partial charge in [0, 0.05) is 11.1 Å². The highest BCUT2D eigenvalue weighted by atomic mass is 79.9. The molecule has 7 nitrogen and oxygen atoms in total. The molecule has 0 fully saturated rings. The first-order valence-corrected chi connectivity index (χ1v) is 13.9. The normalized spacial score (nSPS) is 15.0. The first kappa shape index (κ1) is 29.1. The predicted molar refractivity (Wildman–Crippen MR) is 156 cm³/mol. The van der Waals surface area contributed by atoms with Crippen molar-refractivity contribution < 1.29 is 33.3 Å². The van der Waals surface area contributed by atoms with Gasteiger partial charge in [-0.05, 0) is 71.7 Å². The van der Waals surface area contributed by atoms with Crippen molar-refractivity contribution >= 4 is 50.7 Å². The van der Waals surface area contributed by atoms with Crippen molar-refractivity contribution in [3.8, 4) is 11.5 Å². The second-order valence-corrected chi connectivity index (χ2v) is 10.2. The molecule has 3 aromatic carbocycles. The van der Waals surface area contributed by atoms with E-state index in [9.17, 15) is 19.1 Å². The molecular weight excluding hydrogens is 601 g/mol. The van der Waals surface area contributed by atoms with Gasteiger partial charge in [0.05, 0.1) is 22.6 Å². The van der Waals surface area contributed by atoms with Crippen LogP contribution in [0.15, 0.2) is 92.4 Å². The van der Waals surface area contributed by atoms with Crippen molar-refractivity contribution in [2.24, 2.45) is 4.99 Å². The number of benzene rings is 3. The number of aliphatic hydroxyl groups is 1. The SMILES string of the molecule is CCOC(=O)C1=C(O)C(=Cc2cc(Br)c(OCc3ccccc3F)c(OCC)c2)SC1=NC(=O)c1ccccc1. The van der Waals surface area contributed by atoms with Crippen LogP contribution >= 0.6 is 27.7 Å². The smallest absolute Gasteiger partial charge is 0.344 e. The zero-order valence-electron chi connectivity index (χ0n) is 21.6. The summed E-state index contributed by atoms with van der Waals surface area (Å²) < 4.78 is 31.4. The second-order valence-electron chi connectivity index (χ2n) is 8.29. The van der Waals surface area contributed by atoms with Gasteiger partial charge in [0.25, 0.3) is 5.91 Å². The summed E-state index contributed by atoms with van der Waals surface area (Å²) in [5, 5.41) is 11.0. The molecule has 206 valence electrons. The summed E-state index contributed by atoms with van der Waals surface area (Å²) in [6.45, 7) is 3.87. The number of carbonyl (C=O) groups is 2. The Morgan fingerprint density at radius 3 is 2.45 bits per heavy atom. The lowest BCUT2D eigenvalue weighted by molar-refractivity contribution is -0.138. The molecule has 40 heavy (non-hydrogen) atoms. The first-order valence-electron chi connectivity index (χ1n) is 12.3. The summed E-state index contributed by atoms with van der Waals surface area (Å²) in [6, 6.07) is 18.2. The maximum absolute atomic E-state index is 14.1. The maximum Gasteiger partial charge on any atom is 0.344 e. The van der Waals surface area contributed by atoms with E-state index in [0.29, 0.717) is 39.3 Å². The van der Waals surface area contributed by atoms with E-state index in [-0.39, 0.29) is 40.3 Å². The van der Waals surface area contributed by atoms with Crippen LogP contribution in [0.4, 0.5) is 4.39 Å². The van der Waals surface area contributed by atoms with Crippen LogP contribution in [0.3, 0.4) is 0 Å². The standard InChI is InChI=1S/C30H25BrFNO6S/c1-3-37-23-15-18(14-21(31)27(23)39-17-20-12-8-9-13-22(20)32)16-24-26(34)25(30(36)38-4-2)29(40-24)33-28(35)19-10-6-5-7-11-19/h5-16,34H,3-4,17H2,1-2H3. The van der Waals surface area contributed by atoms with Crippen LogP contribution in [-0.2, 0) is 16.1 Å². The van der Waals surface area contributed by atoms with E-state index in [1.54, 1.807) is 73.7 Å². The van der Waals surface area contributed by atoms with Gasteiger partial charge in [-0.1, -0.05) is 48.2 Å². The molecule has 0 aromatic heterocycles. The highest BCUT2D eigenvalue weighted by Gasteiger charge is 2.34. The lowest BCUT2D eigenvalue weighted by Gasteiger charge is -2.15. The Morgan fingerprint density at radius 2 is 1.75 bits per heavy atom. The van der Waals surface area contributed by atoms with Crippen molar-refractivity contribution in [1.82, 2.24) is 0 Å². The molecule has 1 aliphatic heterocycles. The monoisotopic (exact) mass is 625 g/mol. The molecular formula is C30H25BrFNO6S. The van der Waals surface area contributed by atoms with E-state index in [4.69, 9.17) is 14.2 Å². The van der Waals surface area contributed by atoms with Crippen LogP contribution in [0.25, 0.3) is 6.08 Å². The molecule has 0 aliphatic carbocycles. The summed E-state index contributed by atoms with van der Waals surface area (Å²) in [7, 11) is 0. The molecule has 0 atom stereocenters. The van der Waals surface area contributed by atoms with E-state index in [1.807, 2.05) is 6.92 Å². The van der Waals surface area contributed by atoms with Gasteiger partial charge in [-0.3, -0.25) is 4.79 Å². The molecule has 0 spiro atoms. The molecule has 3 aromatic rings. The van der Waals surface area contributed by atoms with Crippen molar-refractivity contribution in [2.45, 2.75) is 20.5 Å². The summed E-state index contributed by atoms with van der Waals surface area (Å²) in [5.74, 6) is -1.30. The third kappa shape index (κ3) is 6.81. The number of thioether (sulfide) groups is 1. The second kappa shape index (κ2) is 13.5. The number of halogens is 2. The number of nitrogens with zero attached hydrogens (tertiary/aromatic N) is 1. The Labute approximate surface area is 243 Å². The van der Waals surface area contributed by atoms with Gasteiger partial charge in [-0.25, -0.2) is 14.2 Å². The summed E-state index contributed by atoms with van der Waals surface area (Å²) in [6.07, 6.45) is 1.63. The minimum absolute atomic E-state index is 0.0106. The van der Waals surface area contributed by atoms with Crippen molar-refractivity contribution in [2.75, 3.05) is 13.2 Å². The van der Waals surface area contributed by atoms with Crippen LogP contribution in [-0.4, -0.2) is 35.2 Å². The summed E-state index contributed by atoms with van der Waals surface area (Å²) in [5.41, 5.74) is 1.15. The van der Waals surface area contributed by atoms with Crippen LogP contribution in [0, 0.1) is 5.82 Å². The zero-order valence-corrected chi connectivity index (χ0v) is 24.1. The first-order chi connectivity index (χ1) is 19.3. The van der Waals surface area contributed by atoms with Gasteiger partial charge >= 0.3 is 5.97 Å². The predicted octanol–water partition coefficient (Wildman–Crippen LogP) is 7.27. The number of amides is 1. The number of esters is 1. The lowest BCUT2D eigenvalue weighted by atomic mass is 10.1. The fourth-order valence-electron chi connectivity index (χ4n) is 3.72. The molecule has 1 heterocycles. The van der Waals surface area contributed by atoms with Crippen LogP contribution in [0.1, 0.15) is 35.3 Å². The fourth-order valence-corrected chi connectivity index (χ4v) is 5.31. The number of hydrogen-bond donors (Lipinski definition) is 1.